The van der Waals surface area contributed by atoms with Gasteiger partial charge in [-0.1, -0.05) is 32.0 Å². The Morgan fingerprint density at radius 2 is 2.15 bits per heavy atom. The van der Waals surface area contributed by atoms with E-state index in [1.807, 2.05) is 6.07 Å². The van der Waals surface area contributed by atoms with Gasteiger partial charge in [-0.25, -0.2) is 0 Å². The molecule has 2 rings (SSSR count). The van der Waals surface area contributed by atoms with Gasteiger partial charge >= 0.3 is 0 Å². The molecule has 0 aromatic heterocycles. The van der Waals surface area contributed by atoms with E-state index in [1.165, 1.54) is 5.56 Å². The van der Waals surface area contributed by atoms with Crippen LogP contribution in [0, 0.1) is 5.92 Å². The van der Waals surface area contributed by atoms with Crippen molar-refractivity contribution in [2.24, 2.45) is 5.92 Å². The van der Waals surface area contributed by atoms with Crippen molar-refractivity contribution in [1.29, 1.82) is 0 Å². The monoisotopic (exact) mass is 278 g/mol. The maximum absolute atomic E-state index is 5.97. The number of para-hydroxylation sites is 1. The molecule has 0 saturated carbocycles. The van der Waals surface area contributed by atoms with Crippen molar-refractivity contribution in [2.75, 3.05) is 20.3 Å². The fourth-order valence-corrected chi connectivity index (χ4v) is 3.41. The summed E-state index contributed by atoms with van der Waals surface area (Å²) in [5.41, 5.74) is 5.58. The molecule has 3 heteroatoms. The Balaban J connectivity index is 2.38. The first-order valence-electron chi connectivity index (χ1n) is 7.67. The molecule has 1 saturated heterocycles. The van der Waals surface area contributed by atoms with Crippen molar-refractivity contribution in [3.8, 4) is 5.75 Å². The van der Waals surface area contributed by atoms with E-state index >= 15 is 0 Å². The van der Waals surface area contributed by atoms with Crippen LogP contribution in [0.4, 0.5) is 0 Å². The lowest BCUT2D eigenvalue weighted by Gasteiger charge is -2.42. The van der Waals surface area contributed by atoms with Gasteiger partial charge in [0.1, 0.15) is 5.75 Å². The molecule has 20 heavy (non-hydrogen) atoms. The Kier molecular flexibility index (Phi) is 5.06. The Hall–Kier alpha value is -1.06. The van der Waals surface area contributed by atoms with Gasteiger partial charge in [-0.05, 0) is 24.8 Å². The average Bonchev–Trinajstić information content (AvgIpc) is 2.47. The lowest BCUT2D eigenvalue weighted by Crippen LogP contribution is -2.54. The summed E-state index contributed by atoms with van der Waals surface area (Å²) in [5.74, 6) is 1.56. The molecule has 0 aliphatic carbocycles. The molecule has 2 atom stereocenters. The second-order valence-corrected chi connectivity index (χ2v) is 6.19. The quantitative estimate of drug-likeness (QED) is 0.899. The lowest BCUT2D eigenvalue weighted by atomic mass is 9.68. The molecule has 0 bridgehead atoms. The Morgan fingerprint density at radius 3 is 2.80 bits per heavy atom. The largest absolute Gasteiger partial charge is 0.496 e. The highest BCUT2D eigenvalue weighted by molar-refractivity contribution is 5.40. The number of rotatable bonds is 5. The molecule has 1 aliphatic heterocycles. The van der Waals surface area contributed by atoms with Crippen molar-refractivity contribution in [1.82, 2.24) is 0 Å². The zero-order valence-electron chi connectivity index (χ0n) is 13.0. The van der Waals surface area contributed by atoms with Gasteiger partial charge in [-0.2, -0.15) is 0 Å². The van der Waals surface area contributed by atoms with Gasteiger partial charge in [-0.15, -0.1) is 0 Å². The maximum atomic E-state index is 5.97. The van der Waals surface area contributed by atoms with Crippen molar-refractivity contribution in [3.63, 3.8) is 0 Å². The zero-order valence-corrected chi connectivity index (χ0v) is 13.0. The van der Waals surface area contributed by atoms with Crippen LogP contribution < -0.4 is 10.5 Å². The number of ether oxygens (including phenoxy) is 2. The van der Waals surface area contributed by atoms with Gasteiger partial charge in [0.15, 0.2) is 0 Å². The molecule has 1 fully saturated rings. The molecule has 1 aromatic rings. The van der Waals surface area contributed by atoms with E-state index in [4.69, 9.17) is 9.47 Å². The third-order valence-electron chi connectivity index (χ3n) is 4.58. The summed E-state index contributed by atoms with van der Waals surface area (Å²) >= 11 is 0. The lowest BCUT2D eigenvalue weighted by molar-refractivity contribution is -0.371. The first-order valence-corrected chi connectivity index (χ1v) is 7.67. The second kappa shape index (κ2) is 6.59. The van der Waals surface area contributed by atoms with Crippen LogP contribution in [-0.2, 0) is 10.2 Å². The molecule has 112 valence electrons. The third-order valence-corrected chi connectivity index (χ3v) is 4.58. The summed E-state index contributed by atoms with van der Waals surface area (Å²) < 4.78 is 11.6. The molecule has 1 aromatic carbocycles. The van der Waals surface area contributed by atoms with Crippen LogP contribution >= 0.6 is 0 Å². The predicted octanol–water partition coefficient (Wildman–Crippen LogP) is 2.40. The van der Waals surface area contributed by atoms with Gasteiger partial charge in [0.25, 0.3) is 0 Å². The highest BCUT2D eigenvalue weighted by Crippen LogP contribution is 2.44. The highest BCUT2D eigenvalue weighted by Gasteiger charge is 2.41. The highest BCUT2D eigenvalue weighted by atomic mass is 16.5. The van der Waals surface area contributed by atoms with E-state index < -0.39 is 0 Å². The van der Waals surface area contributed by atoms with E-state index in [0.29, 0.717) is 12.0 Å². The minimum Gasteiger partial charge on any atom is -0.496 e. The molecule has 1 aliphatic rings. The van der Waals surface area contributed by atoms with Gasteiger partial charge in [0.2, 0.25) is 0 Å². The summed E-state index contributed by atoms with van der Waals surface area (Å²) in [4.78, 5) is 0. The first-order chi connectivity index (χ1) is 9.63. The van der Waals surface area contributed by atoms with E-state index in [1.54, 1.807) is 7.11 Å². The SMILES string of the molecule is COc1ccccc1[C@@]1(CC[NH3+])CCO[C@@H](C(C)C)C1. The minimum absolute atomic E-state index is 0.154. The summed E-state index contributed by atoms with van der Waals surface area (Å²) in [5, 5.41) is 0. The van der Waals surface area contributed by atoms with Crippen LogP contribution in [0.5, 0.6) is 5.75 Å². The van der Waals surface area contributed by atoms with Crippen molar-refractivity contribution >= 4 is 0 Å². The molecule has 3 nitrogen and oxygen atoms in total. The average molecular weight is 278 g/mol. The van der Waals surface area contributed by atoms with Crippen LogP contribution in [-0.4, -0.2) is 26.4 Å². The maximum Gasteiger partial charge on any atom is 0.122 e. The van der Waals surface area contributed by atoms with E-state index in [9.17, 15) is 0 Å². The van der Waals surface area contributed by atoms with Crippen molar-refractivity contribution in [3.05, 3.63) is 29.8 Å². The summed E-state index contributed by atoms with van der Waals surface area (Å²) in [6, 6.07) is 8.44. The molecule has 3 N–H and O–H groups in total. The van der Waals surface area contributed by atoms with Crippen LogP contribution in [0.1, 0.15) is 38.7 Å². The predicted molar refractivity (Wildman–Crippen MR) is 80.9 cm³/mol. The van der Waals surface area contributed by atoms with Crippen LogP contribution in [0.2, 0.25) is 0 Å². The molecular weight excluding hydrogens is 250 g/mol. The standard InChI is InChI=1S/C17H27NO2/c1-13(2)16-12-17(8-10-18,9-11-20-16)14-6-4-5-7-15(14)19-3/h4-7,13,16H,8-12,18H2,1-3H3/p+1/t16-,17+/m1/s1. The summed E-state index contributed by atoms with van der Waals surface area (Å²) in [6.07, 6.45) is 3.56. The summed E-state index contributed by atoms with van der Waals surface area (Å²) in [6.45, 7) is 6.27. The smallest absolute Gasteiger partial charge is 0.122 e. The Labute approximate surface area is 122 Å². The second-order valence-electron chi connectivity index (χ2n) is 6.19. The molecule has 1 heterocycles. The third kappa shape index (κ3) is 2.99. The van der Waals surface area contributed by atoms with Gasteiger partial charge in [0.05, 0.1) is 19.8 Å². The van der Waals surface area contributed by atoms with Crippen molar-refractivity contribution < 1.29 is 15.2 Å². The Bertz CT molecular complexity index is 429. The molecule has 0 spiro atoms. The normalized spacial score (nSPS) is 26.8. The minimum atomic E-state index is 0.154. The molecule has 0 unspecified atom stereocenters. The molecular formula is C17H28NO2+. The topological polar surface area (TPSA) is 46.1 Å². The summed E-state index contributed by atoms with van der Waals surface area (Å²) in [7, 11) is 1.76. The number of benzene rings is 1. The number of hydrogen-bond acceptors (Lipinski definition) is 2. The molecule has 0 amide bonds. The van der Waals surface area contributed by atoms with E-state index in [-0.39, 0.29) is 5.41 Å². The van der Waals surface area contributed by atoms with Crippen LogP contribution in [0.25, 0.3) is 0 Å². The zero-order chi connectivity index (χ0) is 14.6. The van der Waals surface area contributed by atoms with E-state index in [2.05, 4.69) is 37.8 Å². The van der Waals surface area contributed by atoms with Gasteiger partial charge in [0, 0.05) is 24.0 Å². The fourth-order valence-electron chi connectivity index (χ4n) is 3.41. The Morgan fingerprint density at radius 1 is 1.40 bits per heavy atom. The first kappa shape index (κ1) is 15.3. The van der Waals surface area contributed by atoms with Crippen LogP contribution in [0.3, 0.4) is 0 Å². The van der Waals surface area contributed by atoms with Gasteiger partial charge in [-0.3, -0.25) is 0 Å². The van der Waals surface area contributed by atoms with Crippen LogP contribution in [0.15, 0.2) is 24.3 Å². The number of quaternary nitrogens is 1. The van der Waals surface area contributed by atoms with Gasteiger partial charge < -0.3 is 15.2 Å². The van der Waals surface area contributed by atoms with E-state index in [0.717, 1.165) is 38.2 Å². The molecule has 0 radical (unpaired) electrons. The van der Waals surface area contributed by atoms with Crippen molar-refractivity contribution in [2.45, 2.75) is 44.6 Å². The fraction of sp³-hybridized carbons (Fsp3) is 0.647. The number of methoxy groups -OCH3 is 1. The number of hydrogen-bond donors (Lipinski definition) is 1.